The van der Waals surface area contributed by atoms with Crippen LogP contribution in [0.5, 0.6) is 5.75 Å². The van der Waals surface area contributed by atoms with E-state index in [2.05, 4.69) is 0 Å². The molecule has 116 valence electrons. The van der Waals surface area contributed by atoms with Crippen molar-refractivity contribution in [3.8, 4) is 5.75 Å². The topological polar surface area (TPSA) is 69.4 Å². The summed E-state index contributed by atoms with van der Waals surface area (Å²) in [4.78, 5) is 10.7. The Balaban J connectivity index is 1.94. The fourth-order valence-electron chi connectivity index (χ4n) is 1.88. The molecule has 1 amide bonds. The predicted octanol–water partition coefficient (Wildman–Crippen LogP) is 2.14. The van der Waals surface area contributed by atoms with Crippen LogP contribution in [0.15, 0.2) is 48.5 Å². The van der Waals surface area contributed by atoms with Crippen molar-refractivity contribution in [2.45, 2.75) is 11.5 Å². The van der Waals surface area contributed by atoms with Gasteiger partial charge in [0.05, 0.1) is 0 Å². The van der Waals surface area contributed by atoms with Gasteiger partial charge in [0.2, 0.25) is 0 Å². The molecule has 2 rings (SSSR count). The molecule has 0 aliphatic carbocycles. The SMILES string of the molecule is NC(=O)COc1cccc(C[S@](=O)Cc2ccc(F)cc2)c1. The molecule has 4 nitrogen and oxygen atoms in total. The van der Waals surface area contributed by atoms with E-state index in [4.69, 9.17) is 10.5 Å². The molecule has 22 heavy (non-hydrogen) atoms. The van der Waals surface area contributed by atoms with Gasteiger partial charge in [-0.05, 0) is 35.4 Å². The molecule has 0 fully saturated rings. The molecule has 2 aromatic carbocycles. The van der Waals surface area contributed by atoms with Crippen molar-refractivity contribution < 1.29 is 18.1 Å². The van der Waals surface area contributed by atoms with Crippen molar-refractivity contribution in [1.82, 2.24) is 0 Å². The Morgan fingerprint density at radius 1 is 1.09 bits per heavy atom. The molecule has 6 heteroatoms. The highest BCUT2D eigenvalue weighted by Gasteiger charge is 2.06. The molecular formula is C16H16FNO3S. The average Bonchev–Trinajstić information content (AvgIpc) is 2.48. The maximum Gasteiger partial charge on any atom is 0.255 e. The van der Waals surface area contributed by atoms with Gasteiger partial charge in [0.25, 0.3) is 5.91 Å². The number of amides is 1. The Morgan fingerprint density at radius 2 is 1.77 bits per heavy atom. The Labute approximate surface area is 130 Å². The second kappa shape index (κ2) is 7.70. The molecule has 0 saturated heterocycles. The fourth-order valence-corrected chi connectivity index (χ4v) is 3.10. The molecule has 2 aromatic rings. The number of carbonyl (C=O) groups is 1. The average molecular weight is 321 g/mol. The minimum Gasteiger partial charge on any atom is -0.484 e. The standard InChI is InChI=1S/C16H16FNO3S/c17-14-6-4-12(5-7-14)10-22(20)11-13-2-1-3-15(8-13)21-9-16(18)19/h1-8H,9-11H2,(H2,18,19)/t22-/m1/s1. The summed E-state index contributed by atoms with van der Waals surface area (Å²) in [6, 6.07) is 13.0. The number of primary amides is 1. The summed E-state index contributed by atoms with van der Waals surface area (Å²) < 4.78 is 30.2. The maximum atomic E-state index is 12.8. The lowest BCUT2D eigenvalue weighted by Gasteiger charge is -2.07. The van der Waals surface area contributed by atoms with Gasteiger partial charge in [-0.2, -0.15) is 0 Å². The highest BCUT2D eigenvalue weighted by molar-refractivity contribution is 7.83. The quantitative estimate of drug-likeness (QED) is 0.849. The zero-order valence-corrected chi connectivity index (χ0v) is 12.6. The van der Waals surface area contributed by atoms with Crippen LogP contribution in [-0.4, -0.2) is 16.7 Å². The van der Waals surface area contributed by atoms with E-state index in [0.29, 0.717) is 17.3 Å². The third-order valence-electron chi connectivity index (χ3n) is 2.85. The number of rotatable bonds is 7. The second-order valence-electron chi connectivity index (χ2n) is 4.76. The third kappa shape index (κ3) is 5.29. The highest BCUT2D eigenvalue weighted by Crippen LogP contribution is 2.16. The second-order valence-corrected chi connectivity index (χ2v) is 6.21. The van der Waals surface area contributed by atoms with Crippen molar-refractivity contribution in [1.29, 1.82) is 0 Å². The van der Waals surface area contributed by atoms with Crippen LogP contribution in [0.25, 0.3) is 0 Å². The van der Waals surface area contributed by atoms with Gasteiger partial charge < -0.3 is 10.5 Å². The largest absolute Gasteiger partial charge is 0.484 e. The summed E-state index contributed by atoms with van der Waals surface area (Å²) in [5.41, 5.74) is 6.67. The van der Waals surface area contributed by atoms with Crippen molar-refractivity contribution in [2.24, 2.45) is 5.73 Å². The molecule has 2 N–H and O–H groups in total. The number of benzene rings is 2. The minimum atomic E-state index is -1.12. The number of hydrogen-bond acceptors (Lipinski definition) is 3. The Hall–Kier alpha value is -2.21. The summed E-state index contributed by atoms with van der Waals surface area (Å²) in [7, 11) is -1.12. The molecule has 1 atom stereocenters. The third-order valence-corrected chi connectivity index (χ3v) is 4.16. The van der Waals surface area contributed by atoms with Crippen LogP contribution in [0.3, 0.4) is 0 Å². The fraction of sp³-hybridized carbons (Fsp3) is 0.188. The summed E-state index contributed by atoms with van der Waals surface area (Å²) in [5, 5.41) is 0. The molecule has 0 aromatic heterocycles. The lowest BCUT2D eigenvalue weighted by atomic mass is 10.2. The van der Waals surface area contributed by atoms with Gasteiger partial charge in [-0.3, -0.25) is 9.00 Å². The molecule has 0 radical (unpaired) electrons. The first-order chi connectivity index (χ1) is 10.5. The van der Waals surface area contributed by atoms with Crippen molar-refractivity contribution in [2.75, 3.05) is 6.61 Å². The first kappa shape index (κ1) is 16.2. The molecule has 0 bridgehead atoms. The molecule has 0 unspecified atom stereocenters. The van der Waals surface area contributed by atoms with Crippen LogP contribution in [-0.2, 0) is 27.1 Å². The van der Waals surface area contributed by atoms with Crippen molar-refractivity contribution in [3.05, 3.63) is 65.5 Å². The van der Waals surface area contributed by atoms with Crippen LogP contribution in [0.2, 0.25) is 0 Å². The number of hydrogen-bond donors (Lipinski definition) is 1. The van der Waals surface area contributed by atoms with E-state index >= 15 is 0 Å². The smallest absolute Gasteiger partial charge is 0.255 e. The van der Waals surface area contributed by atoms with Crippen LogP contribution in [0, 0.1) is 5.82 Å². The zero-order chi connectivity index (χ0) is 15.9. The molecule has 0 heterocycles. The number of nitrogens with two attached hydrogens (primary N) is 1. The molecule has 0 saturated carbocycles. The first-order valence-corrected chi connectivity index (χ1v) is 8.11. The number of halogens is 1. The lowest BCUT2D eigenvalue weighted by molar-refractivity contribution is -0.119. The Morgan fingerprint density at radius 3 is 2.45 bits per heavy atom. The van der Waals surface area contributed by atoms with Crippen LogP contribution in [0.1, 0.15) is 11.1 Å². The van der Waals surface area contributed by atoms with Gasteiger partial charge in [-0.1, -0.05) is 24.3 Å². The maximum absolute atomic E-state index is 12.8. The number of carbonyl (C=O) groups excluding carboxylic acids is 1. The van der Waals surface area contributed by atoms with E-state index in [1.54, 1.807) is 30.3 Å². The van der Waals surface area contributed by atoms with E-state index in [1.807, 2.05) is 6.07 Å². The number of ether oxygens (including phenoxy) is 1. The summed E-state index contributed by atoms with van der Waals surface area (Å²) in [6.45, 7) is -0.192. The normalized spacial score (nSPS) is 11.9. The summed E-state index contributed by atoms with van der Waals surface area (Å²) >= 11 is 0. The van der Waals surface area contributed by atoms with Crippen molar-refractivity contribution in [3.63, 3.8) is 0 Å². The van der Waals surface area contributed by atoms with Gasteiger partial charge in [-0.25, -0.2) is 4.39 Å². The van der Waals surface area contributed by atoms with E-state index < -0.39 is 16.7 Å². The zero-order valence-electron chi connectivity index (χ0n) is 11.8. The summed E-state index contributed by atoms with van der Waals surface area (Å²) in [6.07, 6.45) is 0. The lowest BCUT2D eigenvalue weighted by Crippen LogP contribution is -2.20. The molecule has 0 aliphatic heterocycles. The summed E-state index contributed by atoms with van der Waals surface area (Å²) in [5.74, 6) is 0.354. The predicted molar refractivity (Wildman–Crippen MR) is 83.1 cm³/mol. The van der Waals surface area contributed by atoms with Gasteiger partial charge in [0, 0.05) is 22.3 Å². The van der Waals surface area contributed by atoms with E-state index in [-0.39, 0.29) is 12.4 Å². The van der Waals surface area contributed by atoms with Gasteiger partial charge in [-0.15, -0.1) is 0 Å². The van der Waals surface area contributed by atoms with Gasteiger partial charge in [0.1, 0.15) is 11.6 Å². The molecule has 0 aliphatic rings. The minimum absolute atomic E-state index is 0.192. The van der Waals surface area contributed by atoms with Gasteiger partial charge in [0.15, 0.2) is 6.61 Å². The van der Waals surface area contributed by atoms with E-state index in [9.17, 15) is 13.4 Å². The van der Waals surface area contributed by atoms with E-state index in [1.165, 1.54) is 12.1 Å². The van der Waals surface area contributed by atoms with Crippen molar-refractivity contribution >= 4 is 16.7 Å². The highest BCUT2D eigenvalue weighted by atomic mass is 32.2. The monoisotopic (exact) mass is 321 g/mol. The first-order valence-electron chi connectivity index (χ1n) is 6.62. The molecule has 0 spiro atoms. The van der Waals surface area contributed by atoms with Gasteiger partial charge >= 0.3 is 0 Å². The molecular weight excluding hydrogens is 305 g/mol. The Bertz CT molecular complexity index is 673. The Kier molecular flexibility index (Phi) is 5.66. The van der Waals surface area contributed by atoms with Crippen LogP contribution >= 0.6 is 0 Å². The van der Waals surface area contributed by atoms with Crippen LogP contribution in [0.4, 0.5) is 4.39 Å². The van der Waals surface area contributed by atoms with Crippen LogP contribution < -0.4 is 10.5 Å². The van der Waals surface area contributed by atoms with E-state index in [0.717, 1.165) is 11.1 Å².